The number of hydrogen-bond acceptors (Lipinski definition) is 7. The summed E-state index contributed by atoms with van der Waals surface area (Å²) in [5.74, 6) is -0.680. The normalized spacial score (nSPS) is 15.5. The van der Waals surface area contributed by atoms with Gasteiger partial charge in [-0.1, -0.05) is 28.9 Å². The lowest BCUT2D eigenvalue weighted by Crippen LogP contribution is -2.22. The summed E-state index contributed by atoms with van der Waals surface area (Å²) in [7, 11) is 0. The zero-order chi connectivity index (χ0) is 34.1. The second-order valence-corrected chi connectivity index (χ2v) is 11.4. The monoisotopic (exact) mass is 690 g/mol. The van der Waals surface area contributed by atoms with E-state index in [0.29, 0.717) is 36.3 Å². The molecule has 15 heteroatoms. The van der Waals surface area contributed by atoms with Crippen LogP contribution >= 0.6 is 11.6 Å². The summed E-state index contributed by atoms with van der Waals surface area (Å²) in [5, 5.41) is 4.37. The van der Waals surface area contributed by atoms with E-state index in [4.69, 9.17) is 25.6 Å². The first-order valence-corrected chi connectivity index (χ1v) is 15.0. The standard InChI is InChI=1S/C33H25ClF6N4O4/c34-24-8-2-1-7-23(24)31-27(25(43-48-31)17-47-26-9-3-4-11-46-26)30(45)28-29(20-6-5-10-41-15-20)44(18-42-28)16-19-12-21(32(35,36)37)14-22(13-19)33(38,39)40/h1-2,5-8,10,12-15,18,26H,3-4,9,11,16-17H2. The predicted molar refractivity (Wildman–Crippen MR) is 160 cm³/mol. The number of rotatable bonds is 9. The first-order valence-electron chi connectivity index (χ1n) is 14.7. The van der Waals surface area contributed by atoms with Gasteiger partial charge in [0.15, 0.2) is 12.1 Å². The van der Waals surface area contributed by atoms with Crippen molar-refractivity contribution in [2.24, 2.45) is 0 Å². The highest BCUT2D eigenvalue weighted by Crippen LogP contribution is 2.38. The van der Waals surface area contributed by atoms with E-state index in [2.05, 4.69) is 15.1 Å². The second kappa shape index (κ2) is 13.5. The lowest BCUT2D eigenvalue weighted by Gasteiger charge is -2.22. The van der Waals surface area contributed by atoms with Gasteiger partial charge in [0.1, 0.15) is 11.4 Å². The Kier molecular flexibility index (Phi) is 9.41. The zero-order valence-electron chi connectivity index (χ0n) is 24.8. The molecular formula is C33H25ClF6N4O4. The summed E-state index contributed by atoms with van der Waals surface area (Å²) in [6, 6.07) is 11.0. The molecule has 0 amide bonds. The van der Waals surface area contributed by atoms with Gasteiger partial charge in [0.05, 0.1) is 40.3 Å². The van der Waals surface area contributed by atoms with Crippen molar-refractivity contribution in [3.8, 4) is 22.6 Å². The van der Waals surface area contributed by atoms with Crippen molar-refractivity contribution in [1.82, 2.24) is 19.7 Å². The summed E-state index contributed by atoms with van der Waals surface area (Å²) >= 11 is 6.46. The summed E-state index contributed by atoms with van der Waals surface area (Å²) in [4.78, 5) is 22.9. The van der Waals surface area contributed by atoms with Crippen molar-refractivity contribution in [2.75, 3.05) is 6.61 Å². The number of imidazole rings is 1. The number of ether oxygens (including phenoxy) is 2. The van der Waals surface area contributed by atoms with Crippen LogP contribution in [0.5, 0.6) is 0 Å². The number of halogens is 7. The quantitative estimate of drug-likeness (QED) is 0.113. The first kappa shape index (κ1) is 33.4. The highest BCUT2D eigenvalue weighted by atomic mass is 35.5. The number of benzene rings is 2. The average Bonchev–Trinajstić information content (AvgIpc) is 3.68. The van der Waals surface area contributed by atoms with E-state index >= 15 is 0 Å². The summed E-state index contributed by atoms with van der Waals surface area (Å²) in [6.07, 6.45) is -4.16. The highest BCUT2D eigenvalue weighted by molar-refractivity contribution is 6.33. The van der Waals surface area contributed by atoms with Crippen LogP contribution in [0.1, 0.15) is 57.7 Å². The number of nitrogens with zero attached hydrogens (tertiary/aromatic N) is 4. The lowest BCUT2D eigenvalue weighted by molar-refractivity contribution is -0.169. The van der Waals surface area contributed by atoms with Crippen LogP contribution in [0.3, 0.4) is 0 Å². The lowest BCUT2D eigenvalue weighted by atomic mass is 9.98. The number of alkyl halides is 6. The molecule has 1 aliphatic heterocycles. The second-order valence-electron chi connectivity index (χ2n) is 11.0. The number of hydrogen-bond donors (Lipinski definition) is 0. The van der Waals surface area contributed by atoms with Crippen LogP contribution in [-0.4, -0.2) is 38.4 Å². The Bertz CT molecular complexity index is 1890. The SMILES string of the molecule is O=C(c1ncn(Cc2cc(C(F)(F)F)cc(C(F)(F)F)c2)c1-c1cccnc1)c1c(COC2CCCCO2)noc1-c1ccccc1Cl. The maximum atomic E-state index is 14.5. The van der Waals surface area contributed by atoms with E-state index in [1.807, 2.05) is 0 Å². The minimum atomic E-state index is -5.04. The molecule has 0 radical (unpaired) electrons. The number of carbonyl (C=O) groups is 1. The minimum absolute atomic E-state index is 0.0214. The number of carbonyl (C=O) groups excluding carboxylic acids is 1. The molecule has 1 saturated heterocycles. The van der Waals surface area contributed by atoms with E-state index in [1.54, 1.807) is 36.4 Å². The molecule has 0 saturated carbocycles. The molecule has 1 fully saturated rings. The Labute approximate surface area is 274 Å². The zero-order valence-corrected chi connectivity index (χ0v) is 25.6. The molecule has 6 rings (SSSR count). The fourth-order valence-electron chi connectivity index (χ4n) is 5.40. The van der Waals surface area contributed by atoms with E-state index in [1.165, 1.54) is 17.0 Å². The third-order valence-electron chi connectivity index (χ3n) is 7.64. The molecule has 2 aromatic carbocycles. The van der Waals surface area contributed by atoms with Gasteiger partial charge in [-0.25, -0.2) is 4.98 Å². The summed E-state index contributed by atoms with van der Waals surface area (Å²) in [5.41, 5.74) is -2.59. The molecular weight excluding hydrogens is 666 g/mol. The van der Waals surface area contributed by atoms with Crippen molar-refractivity contribution in [2.45, 2.75) is 51.1 Å². The Balaban J connectivity index is 1.46. The van der Waals surface area contributed by atoms with Gasteiger partial charge in [0.25, 0.3) is 0 Å². The van der Waals surface area contributed by atoms with Gasteiger partial charge >= 0.3 is 12.4 Å². The molecule has 3 aromatic heterocycles. The predicted octanol–water partition coefficient (Wildman–Crippen LogP) is 8.61. The maximum Gasteiger partial charge on any atom is 0.416 e. The van der Waals surface area contributed by atoms with Crippen molar-refractivity contribution in [3.05, 3.63) is 112 Å². The van der Waals surface area contributed by atoms with E-state index in [0.717, 1.165) is 19.2 Å². The molecule has 1 unspecified atom stereocenters. The van der Waals surface area contributed by atoms with Crippen LogP contribution in [0, 0.1) is 0 Å². The molecule has 4 heterocycles. The fraction of sp³-hybridized carbons (Fsp3) is 0.273. The molecule has 0 aliphatic carbocycles. The number of aromatic nitrogens is 4. The van der Waals surface area contributed by atoms with Crippen LogP contribution in [0.4, 0.5) is 26.3 Å². The van der Waals surface area contributed by atoms with Crippen molar-refractivity contribution >= 4 is 17.4 Å². The van der Waals surface area contributed by atoms with E-state index in [-0.39, 0.29) is 51.7 Å². The van der Waals surface area contributed by atoms with Crippen LogP contribution in [-0.2, 0) is 35.0 Å². The number of ketones is 1. The van der Waals surface area contributed by atoms with Crippen molar-refractivity contribution in [3.63, 3.8) is 0 Å². The van der Waals surface area contributed by atoms with Crippen LogP contribution in [0.15, 0.2) is 77.8 Å². The molecule has 48 heavy (non-hydrogen) atoms. The average molecular weight is 691 g/mol. The summed E-state index contributed by atoms with van der Waals surface area (Å²) < 4.78 is 100. The van der Waals surface area contributed by atoms with Gasteiger partial charge < -0.3 is 18.6 Å². The van der Waals surface area contributed by atoms with Crippen molar-refractivity contribution in [1.29, 1.82) is 0 Å². The van der Waals surface area contributed by atoms with Gasteiger partial charge in [-0.05, 0) is 67.3 Å². The Morgan fingerprint density at radius 2 is 1.75 bits per heavy atom. The van der Waals surface area contributed by atoms with Crippen LogP contribution < -0.4 is 0 Å². The molecule has 5 aromatic rings. The summed E-state index contributed by atoms with van der Waals surface area (Å²) in [6.45, 7) is -0.150. The maximum absolute atomic E-state index is 14.5. The highest BCUT2D eigenvalue weighted by Gasteiger charge is 2.37. The first-order chi connectivity index (χ1) is 22.9. The van der Waals surface area contributed by atoms with Gasteiger partial charge in [-0.2, -0.15) is 26.3 Å². The molecule has 0 N–H and O–H groups in total. The van der Waals surface area contributed by atoms with E-state index in [9.17, 15) is 31.1 Å². The Morgan fingerprint density at radius 3 is 2.40 bits per heavy atom. The van der Waals surface area contributed by atoms with Crippen molar-refractivity contribution < 1.29 is 45.1 Å². The van der Waals surface area contributed by atoms with Gasteiger partial charge in [-0.15, -0.1) is 0 Å². The van der Waals surface area contributed by atoms with Gasteiger partial charge in [0, 0.05) is 36.7 Å². The van der Waals surface area contributed by atoms with E-state index < -0.39 is 42.1 Å². The molecule has 0 spiro atoms. The topological polar surface area (TPSA) is 92.3 Å². The third kappa shape index (κ3) is 7.15. The Morgan fingerprint density at radius 1 is 1.00 bits per heavy atom. The number of pyridine rings is 1. The molecule has 1 aliphatic rings. The van der Waals surface area contributed by atoms with Gasteiger partial charge in [-0.3, -0.25) is 9.78 Å². The van der Waals surface area contributed by atoms with Crippen LogP contribution in [0.25, 0.3) is 22.6 Å². The smallest absolute Gasteiger partial charge is 0.355 e. The van der Waals surface area contributed by atoms with Crippen LogP contribution in [0.2, 0.25) is 5.02 Å². The molecule has 1 atom stereocenters. The Hall–Kier alpha value is -4.53. The molecule has 8 nitrogen and oxygen atoms in total. The minimum Gasteiger partial charge on any atom is -0.355 e. The fourth-order valence-corrected chi connectivity index (χ4v) is 5.62. The largest absolute Gasteiger partial charge is 0.416 e. The molecule has 250 valence electrons. The molecule has 0 bridgehead atoms. The van der Waals surface area contributed by atoms with Gasteiger partial charge in [0.2, 0.25) is 5.78 Å². The third-order valence-corrected chi connectivity index (χ3v) is 7.97.